The molecular weight excluding hydrogens is 376 g/mol. The number of carbonyl (C=O) groups is 3. The largest absolute Gasteiger partial charge is 0.481 e. The number of carboxylic acids is 1. The van der Waals surface area contributed by atoms with E-state index in [9.17, 15) is 14.4 Å². The van der Waals surface area contributed by atoms with Crippen molar-refractivity contribution >= 4 is 33.7 Å². The standard InChI is InChI=1S/C17H21BrN2O4/c1-10(21)19-15(11-2-5-13(18)6-3-11)9-16(22)20-14-7-4-12(8-14)17(23)24/h2-3,5-6,12,14-15H,4,7-9H2,1H3,(H,19,21)(H,20,22)(H,23,24)/t12-,14+,15?/m0/s1. The minimum Gasteiger partial charge on any atom is -0.481 e. The Bertz CT molecular complexity index is 618. The molecule has 0 heterocycles. The number of carboxylic acid groups (broad SMARTS) is 1. The van der Waals surface area contributed by atoms with Crippen molar-refractivity contribution in [3.05, 3.63) is 34.3 Å². The molecule has 2 rings (SSSR count). The highest BCUT2D eigenvalue weighted by Gasteiger charge is 2.31. The van der Waals surface area contributed by atoms with Gasteiger partial charge in [-0.25, -0.2) is 0 Å². The molecule has 0 aromatic heterocycles. The lowest BCUT2D eigenvalue weighted by Gasteiger charge is -2.20. The Balaban J connectivity index is 1.96. The molecule has 2 amide bonds. The SMILES string of the molecule is CC(=O)NC(CC(=O)N[C@@H]1CC[C@H](C(=O)O)C1)c1ccc(Br)cc1. The topological polar surface area (TPSA) is 95.5 Å². The number of halogens is 1. The van der Waals surface area contributed by atoms with E-state index in [0.717, 1.165) is 10.0 Å². The first-order valence-electron chi connectivity index (χ1n) is 7.90. The Morgan fingerprint density at radius 1 is 1.25 bits per heavy atom. The molecular formula is C17H21BrN2O4. The number of hydrogen-bond donors (Lipinski definition) is 3. The summed E-state index contributed by atoms with van der Waals surface area (Å²) in [5, 5.41) is 14.7. The van der Waals surface area contributed by atoms with Gasteiger partial charge in [-0.05, 0) is 37.0 Å². The monoisotopic (exact) mass is 396 g/mol. The molecule has 3 atom stereocenters. The first kappa shape index (κ1) is 18.4. The third kappa shape index (κ3) is 5.33. The third-order valence-corrected chi connectivity index (χ3v) is 4.72. The van der Waals surface area contributed by atoms with Crippen LogP contribution in [0.4, 0.5) is 0 Å². The summed E-state index contributed by atoms with van der Waals surface area (Å²) in [6.07, 6.45) is 1.84. The van der Waals surface area contributed by atoms with Crippen molar-refractivity contribution in [2.75, 3.05) is 0 Å². The van der Waals surface area contributed by atoms with E-state index in [1.165, 1.54) is 6.92 Å². The summed E-state index contributed by atoms with van der Waals surface area (Å²) in [6, 6.07) is 6.91. The van der Waals surface area contributed by atoms with Gasteiger partial charge in [-0.3, -0.25) is 14.4 Å². The van der Waals surface area contributed by atoms with E-state index >= 15 is 0 Å². The predicted molar refractivity (Wildman–Crippen MR) is 92.2 cm³/mol. The molecule has 3 N–H and O–H groups in total. The van der Waals surface area contributed by atoms with Gasteiger partial charge < -0.3 is 15.7 Å². The van der Waals surface area contributed by atoms with Crippen LogP contribution in [0, 0.1) is 5.92 Å². The fourth-order valence-corrected chi connectivity index (χ4v) is 3.27. The average Bonchev–Trinajstić information content (AvgIpc) is 2.95. The Kier molecular flexibility index (Phi) is 6.36. The van der Waals surface area contributed by atoms with E-state index in [1.807, 2.05) is 24.3 Å². The molecule has 0 spiro atoms. The van der Waals surface area contributed by atoms with Crippen molar-refractivity contribution < 1.29 is 19.5 Å². The average molecular weight is 397 g/mol. The molecule has 1 aromatic carbocycles. The number of carbonyl (C=O) groups excluding carboxylic acids is 2. The number of benzene rings is 1. The Hall–Kier alpha value is -1.89. The molecule has 1 saturated carbocycles. The second-order valence-electron chi connectivity index (χ2n) is 6.12. The molecule has 6 nitrogen and oxygen atoms in total. The maximum atomic E-state index is 12.3. The zero-order chi connectivity index (χ0) is 17.7. The molecule has 0 radical (unpaired) electrons. The summed E-state index contributed by atoms with van der Waals surface area (Å²) in [6.45, 7) is 1.41. The van der Waals surface area contributed by atoms with Gasteiger partial charge in [0.1, 0.15) is 0 Å². The molecule has 0 saturated heterocycles. The summed E-state index contributed by atoms with van der Waals surface area (Å²) >= 11 is 3.36. The molecule has 1 aliphatic carbocycles. The van der Waals surface area contributed by atoms with Crippen molar-refractivity contribution in [2.24, 2.45) is 5.92 Å². The van der Waals surface area contributed by atoms with Crippen LogP contribution < -0.4 is 10.6 Å². The smallest absolute Gasteiger partial charge is 0.306 e. The van der Waals surface area contributed by atoms with Crippen LogP contribution in [0.5, 0.6) is 0 Å². The first-order valence-corrected chi connectivity index (χ1v) is 8.69. The number of hydrogen-bond acceptors (Lipinski definition) is 3. The molecule has 1 aromatic rings. The lowest BCUT2D eigenvalue weighted by atomic mass is 10.0. The zero-order valence-electron chi connectivity index (χ0n) is 13.4. The molecule has 7 heteroatoms. The van der Waals surface area contributed by atoms with E-state index in [-0.39, 0.29) is 30.2 Å². The van der Waals surface area contributed by atoms with Crippen molar-refractivity contribution in [1.82, 2.24) is 10.6 Å². The second kappa shape index (κ2) is 8.28. The maximum absolute atomic E-state index is 12.3. The molecule has 0 bridgehead atoms. The number of aliphatic carboxylic acids is 1. The van der Waals surface area contributed by atoms with Gasteiger partial charge in [-0.2, -0.15) is 0 Å². The quantitative estimate of drug-likeness (QED) is 0.687. The highest BCUT2D eigenvalue weighted by molar-refractivity contribution is 9.10. The van der Waals surface area contributed by atoms with Crippen LogP contribution in [0.2, 0.25) is 0 Å². The summed E-state index contributed by atoms with van der Waals surface area (Å²) < 4.78 is 0.919. The van der Waals surface area contributed by atoms with Crippen LogP contribution in [-0.4, -0.2) is 28.9 Å². The van der Waals surface area contributed by atoms with Crippen LogP contribution >= 0.6 is 15.9 Å². The Labute approximate surface area is 149 Å². The minimum absolute atomic E-state index is 0.110. The van der Waals surface area contributed by atoms with Gasteiger partial charge >= 0.3 is 5.97 Å². The molecule has 1 aliphatic rings. The summed E-state index contributed by atoms with van der Waals surface area (Å²) in [4.78, 5) is 34.7. The molecule has 24 heavy (non-hydrogen) atoms. The van der Waals surface area contributed by atoms with Gasteiger partial charge in [-0.1, -0.05) is 28.1 Å². The van der Waals surface area contributed by atoms with Crippen LogP contribution in [0.3, 0.4) is 0 Å². The summed E-state index contributed by atoms with van der Waals surface area (Å²) in [5.74, 6) is -1.58. The highest BCUT2D eigenvalue weighted by Crippen LogP contribution is 2.26. The lowest BCUT2D eigenvalue weighted by molar-refractivity contribution is -0.141. The van der Waals surface area contributed by atoms with Crippen LogP contribution in [0.25, 0.3) is 0 Å². The van der Waals surface area contributed by atoms with Gasteiger partial charge in [0.05, 0.1) is 18.4 Å². The van der Waals surface area contributed by atoms with Crippen LogP contribution in [-0.2, 0) is 14.4 Å². The number of rotatable bonds is 6. The third-order valence-electron chi connectivity index (χ3n) is 4.19. The lowest BCUT2D eigenvalue weighted by Crippen LogP contribution is -2.37. The fourth-order valence-electron chi connectivity index (χ4n) is 3.00. The van der Waals surface area contributed by atoms with E-state index in [1.54, 1.807) is 0 Å². The first-order chi connectivity index (χ1) is 11.3. The second-order valence-corrected chi connectivity index (χ2v) is 7.04. The minimum atomic E-state index is -0.808. The van der Waals surface area contributed by atoms with Crippen molar-refractivity contribution in [1.29, 1.82) is 0 Å². The fraction of sp³-hybridized carbons (Fsp3) is 0.471. The van der Waals surface area contributed by atoms with Crippen molar-refractivity contribution in [3.8, 4) is 0 Å². The molecule has 130 valence electrons. The predicted octanol–water partition coefficient (Wildman–Crippen LogP) is 2.39. The normalized spacial score (nSPS) is 21.1. The van der Waals surface area contributed by atoms with Crippen LogP contribution in [0.1, 0.15) is 44.2 Å². The van der Waals surface area contributed by atoms with Gasteiger partial charge in [0.25, 0.3) is 0 Å². The van der Waals surface area contributed by atoms with Crippen LogP contribution in [0.15, 0.2) is 28.7 Å². The van der Waals surface area contributed by atoms with E-state index in [0.29, 0.717) is 19.3 Å². The van der Waals surface area contributed by atoms with Gasteiger partial charge in [0, 0.05) is 17.4 Å². The number of amides is 2. The van der Waals surface area contributed by atoms with E-state index < -0.39 is 12.0 Å². The number of nitrogens with one attached hydrogen (secondary N) is 2. The van der Waals surface area contributed by atoms with Crippen molar-refractivity contribution in [3.63, 3.8) is 0 Å². The van der Waals surface area contributed by atoms with Gasteiger partial charge in [0.15, 0.2) is 0 Å². The maximum Gasteiger partial charge on any atom is 0.306 e. The molecule has 1 fully saturated rings. The zero-order valence-corrected chi connectivity index (χ0v) is 15.0. The van der Waals surface area contributed by atoms with E-state index in [4.69, 9.17) is 5.11 Å². The Morgan fingerprint density at radius 3 is 2.46 bits per heavy atom. The molecule has 0 aliphatic heterocycles. The van der Waals surface area contributed by atoms with Gasteiger partial charge in [0.2, 0.25) is 11.8 Å². The van der Waals surface area contributed by atoms with E-state index in [2.05, 4.69) is 26.6 Å². The van der Waals surface area contributed by atoms with Gasteiger partial charge in [-0.15, -0.1) is 0 Å². The highest BCUT2D eigenvalue weighted by atomic mass is 79.9. The Morgan fingerprint density at radius 2 is 1.92 bits per heavy atom. The molecule has 1 unspecified atom stereocenters. The summed E-state index contributed by atoms with van der Waals surface area (Å²) in [5.41, 5.74) is 0.846. The summed E-state index contributed by atoms with van der Waals surface area (Å²) in [7, 11) is 0. The van der Waals surface area contributed by atoms with Crippen molar-refractivity contribution in [2.45, 2.75) is 44.7 Å².